The average Bonchev–Trinajstić information content (AvgIpc) is 2.59. The molecule has 0 heterocycles. The maximum absolute atomic E-state index is 11.6. The smallest absolute Gasteiger partial charge is 0.388 e. The zero-order chi connectivity index (χ0) is 24.3. The number of ketones is 2. The second-order valence-electron chi connectivity index (χ2n) is 4.95. The van der Waals surface area contributed by atoms with Crippen molar-refractivity contribution in [1.82, 2.24) is 0 Å². The molecule has 0 unspecified atom stereocenters. The minimum Gasteiger partial charge on any atom is -0.388 e. The molecule has 0 saturated heterocycles. The van der Waals surface area contributed by atoms with Crippen molar-refractivity contribution >= 4 is 35.0 Å². The van der Waals surface area contributed by atoms with Crippen molar-refractivity contribution in [1.29, 1.82) is 0 Å². The van der Waals surface area contributed by atoms with E-state index in [-0.39, 0.29) is 0 Å². The number of aliphatic hydroxyl groups is 4. The molecule has 0 aromatic rings. The van der Waals surface area contributed by atoms with Crippen LogP contribution < -0.4 is 0 Å². The van der Waals surface area contributed by atoms with E-state index in [0.29, 0.717) is 0 Å². The number of phosphoric acid groups is 3. The molecule has 10 N–H and O–H groups in total. The zero-order valence-corrected chi connectivity index (χ0v) is 17.3. The Morgan fingerprint density at radius 3 is 1.50 bits per heavy atom. The minimum absolute atomic E-state index is 0.546. The summed E-state index contributed by atoms with van der Waals surface area (Å²) in [5.41, 5.74) is 0. The van der Waals surface area contributed by atoms with E-state index in [1.165, 1.54) is 0 Å². The Hall–Kier alpha value is -0.490. The molecule has 0 aliphatic rings. The fourth-order valence-electron chi connectivity index (χ4n) is 1.21. The largest absolute Gasteiger partial charge is 0.470 e. The molecule has 3 atom stereocenters. The van der Waals surface area contributed by atoms with Gasteiger partial charge in [-0.05, 0) is 0 Å². The first-order valence-electron chi connectivity index (χ1n) is 7.09. The quantitative estimate of drug-likeness (QED) is 0.104. The van der Waals surface area contributed by atoms with Crippen LogP contribution in [0.1, 0.15) is 0 Å². The molecule has 0 saturated carbocycles. The van der Waals surface area contributed by atoms with E-state index >= 15 is 0 Å². The molecule has 0 amide bonds. The van der Waals surface area contributed by atoms with Gasteiger partial charge in [0.15, 0.2) is 17.7 Å². The van der Waals surface area contributed by atoms with Crippen LogP contribution in [0.4, 0.5) is 0 Å². The first-order chi connectivity index (χ1) is 13.3. The molecule has 0 rings (SSSR count). The maximum Gasteiger partial charge on any atom is 0.470 e. The molecule has 30 heavy (non-hydrogen) atoms. The summed E-state index contributed by atoms with van der Waals surface area (Å²) in [6.45, 7) is -3.84. The summed E-state index contributed by atoms with van der Waals surface area (Å²) in [5, 5.41) is 34.7. The Morgan fingerprint density at radius 2 is 1.20 bits per heavy atom. The van der Waals surface area contributed by atoms with Crippen LogP contribution in [0.5, 0.6) is 0 Å². The Labute approximate surface area is 167 Å². The molecule has 0 bridgehead atoms. The fraction of sp³-hybridized carbons (Fsp3) is 0.778. The van der Waals surface area contributed by atoms with E-state index in [9.17, 15) is 33.5 Å². The van der Waals surface area contributed by atoms with Crippen LogP contribution in [-0.4, -0.2) is 106 Å². The molecule has 0 radical (unpaired) electrons. The van der Waals surface area contributed by atoms with Crippen LogP contribution in [0.3, 0.4) is 0 Å². The highest BCUT2D eigenvalue weighted by molar-refractivity contribution is 7.46. The van der Waals surface area contributed by atoms with E-state index in [0.717, 1.165) is 0 Å². The van der Waals surface area contributed by atoms with E-state index in [2.05, 4.69) is 13.6 Å². The van der Waals surface area contributed by atoms with Crippen LogP contribution in [-0.2, 0) is 36.9 Å². The van der Waals surface area contributed by atoms with Crippen LogP contribution in [0, 0.1) is 0 Å². The predicted molar refractivity (Wildman–Crippen MR) is 89.1 cm³/mol. The summed E-state index contributed by atoms with van der Waals surface area (Å²) >= 11 is 0. The highest BCUT2D eigenvalue weighted by Crippen LogP contribution is 2.40. The van der Waals surface area contributed by atoms with Gasteiger partial charge in [0.2, 0.25) is 0 Å². The van der Waals surface area contributed by atoms with Crippen LogP contribution in [0.25, 0.3) is 0 Å². The first-order valence-corrected chi connectivity index (χ1v) is 11.7. The molecule has 0 aromatic heterocycles. The Balaban J connectivity index is 0. The maximum atomic E-state index is 11.6. The second-order valence-corrected chi connectivity index (χ2v) is 8.62. The van der Waals surface area contributed by atoms with Gasteiger partial charge < -0.3 is 49.8 Å². The monoisotopic (exact) mass is 510 g/mol. The second kappa shape index (κ2) is 13.8. The average molecular weight is 510 g/mol. The number of carbonyl (C=O) groups is 2. The lowest BCUT2D eigenvalue weighted by Crippen LogP contribution is -2.46. The number of hydrogen-bond donors (Lipinski definition) is 10. The first kappa shape index (κ1) is 31.7. The molecule has 18 nitrogen and oxygen atoms in total. The fourth-order valence-corrected chi connectivity index (χ4v) is 2.39. The van der Waals surface area contributed by atoms with Crippen molar-refractivity contribution in [2.75, 3.05) is 26.4 Å². The summed E-state index contributed by atoms with van der Waals surface area (Å²) in [5.74, 6) is -2.14. The number of Topliss-reactive ketones (excluding diaryl/α,β-unsaturated/α-hetero) is 2. The van der Waals surface area contributed by atoms with Gasteiger partial charge in [-0.1, -0.05) is 0 Å². The van der Waals surface area contributed by atoms with Crippen LogP contribution in [0.2, 0.25) is 0 Å². The molecule has 0 aliphatic carbocycles. The van der Waals surface area contributed by atoms with E-state index < -0.39 is 79.8 Å². The molecular weight excluding hydrogens is 489 g/mol. The van der Waals surface area contributed by atoms with Gasteiger partial charge in [-0.3, -0.25) is 23.2 Å². The predicted octanol–water partition coefficient (Wildman–Crippen LogP) is -4.49. The summed E-state index contributed by atoms with van der Waals surface area (Å²) in [6.07, 6.45) is -7.31. The van der Waals surface area contributed by atoms with Crippen LogP contribution in [0.15, 0.2) is 0 Å². The molecular formula is C9H21O18P3. The highest BCUT2D eigenvalue weighted by atomic mass is 31.2. The molecule has 0 spiro atoms. The number of phosphoric ester groups is 3. The van der Waals surface area contributed by atoms with E-state index in [4.69, 9.17) is 39.6 Å². The standard InChI is InChI=1S/C6H15O15P3.C3H6O3/c7-3(1-19-22(10,11)12)5(9)6(21-24(16,17)18)4(8)2-20-23(13,14)15;4-1-3(6)2-5/h3,5-7,9H,1-2H2,(H2,10,11,12)(H2,13,14,15)(H2,16,17,18);4-5H,1-2H2/t3-,5-,6-;/m1./s1. The van der Waals surface area contributed by atoms with Crippen molar-refractivity contribution in [3.8, 4) is 0 Å². The lowest BCUT2D eigenvalue weighted by atomic mass is 10.1. The highest BCUT2D eigenvalue weighted by Gasteiger charge is 2.39. The Kier molecular flexibility index (Phi) is 14.6. The molecule has 180 valence electrons. The van der Waals surface area contributed by atoms with Crippen molar-refractivity contribution in [3.63, 3.8) is 0 Å². The number of hydrogen-bond acceptors (Lipinski definition) is 12. The third-order valence-electron chi connectivity index (χ3n) is 2.41. The zero-order valence-electron chi connectivity index (χ0n) is 14.6. The normalized spacial score (nSPS) is 15.5. The summed E-state index contributed by atoms with van der Waals surface area (Å²) < 4.78 is 43.2. The van der Waals surface area contributed by atoms with E-state index in [1.54, 1.807) is 0 Å². The molecule has 0 aromatic carbocycles. The molecule has 0 aliphatic heterocycles. The van der Waals surface area contributed by atoms with Gasteiger partial charge in [0.25, 0.3) is 0 Å². The molecule has 0 fully saturated rings. The number of aliphatic hydroxyl groups excluding tert-OH is 4. The van der Waals surface area contributed by atoms with Gasteiger partial charge in [0, 0.05) is 0 Å². The van der Waals surface area contributed by atoms with Crippen molar-refractivity contribution in [3.05, 3.63) is 0 Å². The molecule has 21 heteroatoms. The van der Waals surface area contributed by atoms with Gasteiger partial charge in [0.1, 0.15) is 32.0 Å². The van der Waals surface area contributed by atoms with Gasteiger partial charge in [0.05, 0.1) is 6.61 Å². The Bertz CT molecular complexity index is 668. The lowest BCUT2D eigenvalue weighted by molar-refractivity contribution is -0.141. The van der Waals surface area contributed by atoms with Crippen molar-refractivity contribution in [2.24, 2.45) is 0 Å². The van der Waals surface area contributed by atoms with Gasteiger partial charge in [-0.15, -0.1) is 0 Å². The third-order valence-corrected chi connectivity index (χ3v) is 3.87. The topological polar surface area (TPSA) is 315 Å². The summed E-state index contributed by atoms with van der Waals surface area (Å²) in [4.78, 5) is 72.3. The van der Waals surface area contributed by atoms with E-state index in [1.807, 2.05) is 0 Å². The SMILES string of the molecule is O=C(CO)CO.O=C(COP(=O)(O)O)[C@@H](OP(=O)(O)O)[C@H](O)[C@H](O)COP(=O)(O)O. The van der Waals surface area contributed by atoms with Gasteiger partial charge in [-0.2, -0.15) is 0 Å². The van der Waals surface area contributed by atoms with Crippen molar-refractivity contribution in [2.45, 2.75) is 18.3 Å². The third kappa shape index (κ3) is 18.3. The lowest BCUT2D eigenvalue weighted by Gasteiger charge is -2.25. The minimum atomic E-state index is -5.42. The Morgan fingerprint density at radius 1 is 0.767 bits per heavy atom. The number of rotatable bonds is 13. The summed E-state index contributed by atoms with van der Waals surface area (Å²) in [6, 6.07) is 0. The van der Waals surface area contributed by atoms with Crippen LogP contribution >= 0.6 is 23.5 Å². The van der Waals surface area contributed by atoms with Gasteiger partial charge >= 0.3 is 23.5 Å². The summed E-state index contributed by atoms with van der Waals surface area (Å²) in [7, 11) is -15.6. The van der Waals surface area contributed by atoms with Gasteiger partial charge in [-0.25, -0.2) is 13.7 Å². The van der Waals surface area contributed by atoms with Crippen molar-refractivity contribution < 1.29 is 86.6 Å². The number of carbonyl (C=O) groups excluding carboxylic acids is 2.